The van der Waals surface area contributed by atoms with Gasteiger partial charge in [0, 0.05) is 11.4 Å². The molecule has 0 fully saturated rings. The molecule has 1 unspecified atom stereocenters. The van der Waals surface area contributed by atoms with Crippen LogP contribution in [0.3, 0.4) is 0 Å². The number of rotatable bonds is 3. The number of nitrogens with zero attached hydrogens (tertiary/aromatic N) is 1. The lowest BCUT2D eigenvalue weighted by molar-refractivity contribution is 0.529. The van der Waals surface area contributed by atoms with Crippen molar-refractivity contribution in [3.05, 3.63) is 29.3 Å². The molecule has 0 amide bonds. The molecule has 0 radical (unpaired) electrons. The fraction of sp³-hybridized carbons (Fsp3) is 0.533. The van der Waals surface area contributed by atoms with Crippen LogP contribution >= 0.6 is 11.8 Å². The minimum absolute atomic E-state index is 0.489. The monoisotopic (exact) mass is 262 g/mol. The first-order chi connectivity index (χ1) is 8.52. The van der Waals surface area contributed by atoms with E-state index in [1.165, 1.54) is 17.5 Å². The first kappa shape index (κ1) is 13.5. The van der Waals surface area contributed by atoms with Crippen LogP contribution in [0.2, 0.25) is 0 Å². The Kier molecular flexibility index (Phi) is 4.33. The van der Waals surface area contributed by atoms with E-state index in [1.54, 1.807) is 0 Å². The van der Waals surface area contributed by atoms with Crippen LogP contribution in [0, 0.1) is 19.8 Å². The highest BCUT2D eigenvalue weighted by Crippen LogP contribution is 2.24. The predicted molar refractivity (Wildman–Crippen MR) is 82.7 cm³/mol. The molecule has 1 N–H and O–H groups in total. The lowest BCUT2D eigenvalue weighted by Gasteiger charge is -2.08. The average molecular weight is 262 g/mol. The van der Waals surface area contributed by atoms with Gasteiger partial charge in [0.1, 0.15) is 0 Å². The van der Waals surface area contributed by atoms with Crippen molar-refractivity contribution in [2.45, 2.75) is 40.2 Å². The second-order valence-electron chi connectivity index (χ2n) is 5.53. The molecule has 1 aliphatic heterocycles. The zero-order chi connectivity index (χ0) is 13.1. The molecule has 2 nitrogen and oxygen atoms in total. The Hall–Kier alpha value is -0.960. The van der Waals surface area contributed by atoms with Crippen LogP contribution in [0.1, 0.15) is 31.4 Å². The van der Waals surface area contributed by atoms with Crippen molar-refractivity contribution in [2.24, 2.45) is 10.9 Å². The summed E-state index contributed by atoms with van der Waals surface area (Å²) in [5.41, 5.74) is 3.74. The van der Waals surface area contributed by atoms with Gasteiger partial charge in [0.2, 0.25) is 0 Å². The van der Waals surface area contributed by atoms with Crippen LogP contribution in [0.5, 0.6) is 0 Å². The Bertz CT molecular complexity index is 432. The van der Waals surface area contributed by atoms with Crippen LogP contribution < -0.4 is 5.32 Å². The summed E-state index contributed by atoms with van der Waals surface area (Å²) >= 11 is 1.84. The Labute approximate surface area is 114 Å². The number of anilines is 1. The van der Waals surface area contributed by atoms with Crippen molar-refractivity contribution in [3.8, 4) is 0 Å². The van der Waals surface area contributed by atoms with Crippen molar-refractivity contribution >= 4 is 22.6 Å². The molecule has 0 aliphatic carbocycles. The van der Waals surface area contributed by atoms with Crippen LogP contribution in [0.4, 0.5) is 5.69 Å². The summed E-state index contributed by atoms with van der Waals surface area (Å²) < 4.78 is 0. The standard InChI is InChI=1S/C15H22N2S/c1-10(2)5-14-9-18-15(17-14)16-13-7-11(3)6-12(4)8-13/h6-8,10,14H,5,9H2,1-4H3,(H,16,17). The number of aliphatic imine (C=N–C) groups is 1. The third-order valence-corrected chi connectivity index (χ3v) is 3.96. The average Bonchev–Trinajstić information content (AvgIpc) is 2.62. The summed E-state index contributed by atoms with van der Waals surface area (Å²) in [5.74, 6) is 1.84. The number of amidine groups is 1. The fourth-order valence-electron chi connectivity index (χ4n) is 2.32. The maximum atomic E-state index is 4.75. The van der Waals surface area contributed by atoms with Gasteiger partial charge in [-0.25, -0.2) is 0 Å². The normalized spacial score (nSPS) is 19.2. The van der Waals surface area contributed by atoms with Gasteiger partial charge in [-0.05, 0) is 49.4 Å². The molecule has 1 aliphatic rings. The number of aryl methyl sites for hydroxylation is 2. The molecule has 18 heavy (non-hydrogen) atoms. The molecule has 0 saturated carbocycles. The van der Waals surface area contributed by atoms with E-state index in [9.17, 15) is 0 Å². The minimum atomic E-state index is 0.489. The summed E-state index contributed by atoms with van der Waals surface area (Å²) in [4.78, 5) is 4.75. The molecule has 1 aromatic rings. The van der Waals surface area contributed by atoms with Crippen LogP contribution in [-0.4, -0.2) is 17.0 Å². The molecule has 0 saturated heterocycles. The predicted octanol–water partition coefficient (Wildman–Crippen LogP) is 4.23. The summed E-state index contributed by atoms with van der Waals surface area (Å²) in [6.45, 7) is 8.78. The molecule has 2 rings (SSSR count). The van der Waals surface area contributed by atoms with Gasteiger partial charge in [-0.2, -0.15) is 0 Å². The second-order valence-corrected chi connectivity index (χ2v) is 6.54. The Balaban J connectivity index is 2.01. The summed E-state index contributed by atoms with van der Waals surface area (Å²) in [5, 5.41) is 4.51. The molecular formula is C15H22N2S. The van der Waals surface area contributed by atoms with Gasteiger partial charge >= 0.3 is 0 Å². The number of thioether (sulfide) groups is 1. The van der Waals surface area contributed by atoms with Gasteiger partial charge in [-0.1, -0.05) is 31.7 Å². The highest BCUT2D eigenvalue weighted by molar-refractivity contribution is 8.14. The third kappa shape index (κ3) is 3.77. The second kappa shape index (κ2) is 5.79. The van der Waals surface area contributed by atoms with Crippen molar-refractivity contribution in [3.63, 3.8) is 0 Å². The number of nitrogens with one attached hydrogen (secondary N) is 1. The number of hydrogen-bond donors (Lipinski definition) is 1. The maximum Gasteiger partial charge on any atom is 0.161 e. The van der Waals surface area contributed by atoms with Gasteiger partial charge in [-0.3, -0.25) is 4.99 Å². The SMILES string of the molecule is Cc1cc(C)cc(NC2=NC(CC(C)C)CS2)c1. The van der Waals surface area contributed by atoms with Crippen molar-refractivity contribution in [1.29, 1.82) is 0 Å². The maximum absolute atomic E-state index is 4.75. The fourth-order valence-corrected chi connectivity index (χ4v) is 3.29. The van der Waals surface area contributed by atoms with Gasteiger partial charge in [0.15, 0.2) is 5.17 Å². The Morgan fingerprint density at radius 2 is 1.94 bits per heavy atom. The largest absolute Gasteiger partial charge is 0.335 e. The first-order valence-corrected chi connectivity index (χ1v) is 7.57. The van der Waals surface area contributed by atoms with E-state index in [0.717, 1.165) is 22.5 Å². The smallest absolute Gasteiger partial charge is 0.161 e. The van der Waals surface area contributed by atoms with E-state index in [0.29, 0.717) is 6.04 Å². The van der Waals surface area contributed by atoms with E-state index in [2.05, 4.69) is 51.2 Å². The zero-order valence-corrected chi connectivity index (χ0v) is 12.5. The van der Waals surface area contributed by atoms with Crippen molar-refractivity contribution < 1.29 is 0 Å². The van der Waals surface area contributed by atoms with E-state index < -0.39 is 0 Å². The highest BCUT2D eigenvalue weighted by Gasteiger charge is 2.19. The molecule has 0 aromatic heterocycles. The lowest BCUT2D eigenvalue weighted by Crippen LogP contribution is -2.08. The van der Waals surface area contributed by atoms with Crippen LogP contribution in [0.15, 0.2) is 23.2 Å². The van der Waals surface area contributed by atoms with Gasteiger partial charge in [0.25, 0.3) is 0 Å². The van der Waals surface area contributed by atoms with Gasteiger partial charge in [-0.15, -0.1) is 0 Å². The summed E-state index contributed by atoms with van der Waals surface area (Å²) in [7, 11) is 0. The summed E-state index contributed by atoms with van der Waals surface area (Å²) in [6, 6.07) is 7.03. The number of benzene rings is 1. The molecule has 0 bridgehead atoms. The first-order valence-electron chi connectivity index (χ1n) is 6.59. The zero-order valence-electron chi connectivity index (χ0n) is 11.7. The van der Waals surface area contributed by atoms with Crippen molar-refractivity contribution in [1.82, 2.24) is 0 Å². The van der Waals surface area contributed by atoms with E-state index in [4.69, 9.17) is 4.99 Å². The van der Waals surface area contributed by atoms with Crippen molar-refractivity contribution in [2.75, 3.05) is 11.1 Å². The van der Waals surface area contributed by atoms with E-state index in [-0.39, 0.29) is 0 Å². The third-order valence-electron chi connectivity index (χ3n) is 2.93. The summed E-state index contributed by atoms with van der Waals surface area (Å²) in [6.07, 6.45) is 1.19. The number of hydrogen-bond acceptors (Lipinski definition) is 3. The molecule has 1 heterocycles. The molecular weight excluding hydrogens is 240 g/mol. The van der Waals surface area contributed by atoms with E-state index >= 15 is 0 Å². The van der Waals surface area contributed by atoms with E-state index in [1.807, 2.05) is 11.8 Å². The van der Waals surface area contributed by atoms with Crippen LogP contribution in [-0.2, 0) is 0 Å². The Morgan fingerprint density at radius 1 is 1.28 bits per heavy atom. The van der Waals surface area contributed by atoms with Crippen LogP contribution in [0.25, 0.3) is 0 Å². The Morgan fingerprint density at radius 3 is 2.56 bits per heavy atom. The van der Waals surface area contributed by atoms with Gasteiger partial charge in [0.05, 0.1) is 6.04 Å². The molecule has 98 valence electrons. The lowest BCUT2D eigenvalue weighted by atomic mass is 10.1. The van der Waals surface area contributed by atoms with Gasteiger partial charge < -0.3 is 5.32 Å². The molecule has 0 spiro atoms. The molecule has 1 atom stereocenters. The molecule has 3 heteroatoms. The minimum Gasteiger partial charge on any atom is -0.335 e. The topological polar surface area (TPSA) is 24.4 Å². The quantitative estimate of drug-likeness (QED) is 0.881. The highest BCUT2D eigenvalue weighted by atomic mass is 32.2. The molecule has 1 aromatic carbocycles.